The van der Waals surface area contributed by atoms with Crippen molar-refractivity contribution in [2.45, 2.75) is 32.0 Å². The summed E-state index contributed by atoms with van der Waals surface area (Å²) in [5.74, 6) is -1.63. The Balaban J connectivity index is 1.48. The lowest BCUT2D eigenvalue weighted by Gasteiger charge is -2.22. The van der Waals surface area contributed by atoms with Gasteiger partial charge in [0.15, 0.2) is 0 Å². The fourth-order valence-corrected chi connectivity index (χ4v) is 4.22. The number of carbonyl (C=O) groups is 3. The quantitative estimate of drug-likeness (QED) is 0.320. The number of hydrogen-bond donors (Lipinski definition) is 1. The van der Waals surface area contributed by atoms with Crippen LogP contribution in [0.3, 0.4) is 0 Å². The highest BCUT2D eigenvalue weighted by Crippen LogP contribution is 2.28. The van der Waals surface area contributed by atoms with Gasteiger partial charge in [0.25, 0.3) is 0 Å². The van der Waals surface area contributed by atoms with Crippen LogP contribution in [0.25, 0.3) is 10.9 Å². The van der Waals surface area contributed by atoms with Crippen molar-refractivity contribution >= 4 is 56.0 Å². The molecule has 0 bridgehead atoms. The van der Waals surface area contributed by atoms with Gasteiger partial charge in [0.2, 0.25) is 17.6 Å². The molecule has 1 saturated carbocycles. The molecule has 3 aromatic rings. The largest absolute Gasteiger partial charge is 0.350 e. The Morgan fingerprint density at radius 3 is 2.76 bits per heavy atom. The predicted molar refractivity (Wildman–Crippen MR) is 130 cm³/mol. The van der Waals surface area contributed by atoms with Crippen LogP contribution < -0.4 is 5.32 Å². The van der Waals surface area contributed by atoms with E-state index in [1.165, 1.54) is 27.8 Å². The van der Waals surface area contributed by atoms with Crippen molar-refractivity contribution in [2.75, 3.05) is 6.54 Å². The molecule has 7 nitrogen and oxygen atoms in total. The summed E-state index contributed by atoms with van der Waals surface area (Å²) in [6, 6.07) is 9.87. The van der Waals surface area contributed by atoms with Crippen molar-refractivity contribution in [3.05, 3.63) is 75.6 Å². The Labute approximate surface area is 208 Å². The third kappa shape index (κ3) is 5.20. The lowest BCUT2D eigenvalue weighted by Crippen LogP contribution is -2.43. The van der Waals surface area contributed by atoms with Gasteiger partial charge in [-0.2, -0.15) is 5.10 Å². The van der Waals surface area contributed by atoms with Crippen LogP contribution in [0.15, 0.2) is 53.5 Å². The van der Waals surface area contributed by atoms with Gasteiger partial charge in [0.1, 0.15) is 18.1 Å². The Kier molecular flexibility index (Phi) is 7.13. The smallest absolute Gasteiger partial charge is 0.245 e. The van der Waals surface area contributed by atoms with Crippen LogP contribution >= 0.6 is 27.5 Å². The first-order valence-corrected chi connectivity index (χ1v) is 11.8. The number of nitrogens with one attached hydrogen (secondary N) is 1. The topological polar surface area (TPSA) is 84.3 Å². The molecule has 0 spiro atoms. The number of halogens is 3. The van der Waals surface area contributed by atoms with E-state index in [1.807, 2.05) is 0 Å². The lowest BCUT2D eigenvalue weighted by molar-refractivity contribution is -0.137. The van der Waals surface area contributed by atoms with Crippen LogP contribution in [0, 0.1) is 5.82 Å². The van der Waals surface area contributed by atoms with E-state index in [1.54, 1.807) is 24.3 Å². The van der Waals surface area contributed by atoms with Crippen molar-refractivity contribution in [1.82, 2.24) is 20.0 Å². The number of rotatable bonds is 9. The fraction of sp³-hybridized carbons (Fsp3) is 0.250. The number of nitrogens with zero attached hydrogens (tertiary/aromatic N) is 3. The highest BCUT2D eigenvalue weighted by molar-refractivity contribution is 9.10. The molecule has 0 saturated heterocycles. The fourth-order valence-electron chi connectivity index (χ4n) is 3.67. The van der Waals surface area contributed by atoms with Crippen LogP contribution in [0.4, 0.5) is 4.39 Å². The maximum absolute atomic E-state index is 14.1. The first kappa shape index (κ1) is 24.1. The van der Waals surface area contributed by atoms with Gasteiger partial charge in [0, 0.05) is 28.0 Å². The van der Waals surface area contributed by atoms with E-state index in [2.05, 4.69) is 32.9 Å². The Bertz CT molecular complexity index is 1300. The van der Waals surface area contributed by atoms with E-state index in [4.69, 9.17) is 11.6 Å². The number of hydrogen-bond acceptors (Lipinski definition) is 4. The zero-order valence-electron chi connectivity index (χ0n) is 18.1. The summed E-state index contributed by atoms with van der Waals surface area (Å²) in [4.78, 5) is 39.5. The maximum Gasteiger partial charge on any atom is 0.245 e. The number of carbonyl (C=O) groups excluding carboxylic acids is 3. The van der Waals surface area contributed by atoms with Gasteiger partial charge >= 0.3 is 0 Å². The molecule has 0 unspecified atom stereocenters. The molecule has 4 rings (SSSR count). The predicted octanol–water partition coefficient (Wildman–Crippen LogP) is 4.27. The van der Waals surface area contributed by atoms with Crippen molar-refractivity contribution < 1.29 is 18.8 Å². The van der Waals surface area contributed by atoms with Crippen LogP contribution in [-0.2, 0) is 22.7 Å². The number of amides is 2. The van der Waals surface area contributed by atoms with Gasteiger partial charge in [-0.15, -0.1) is 0 Å². The molecule has 0 radical (unpaired) electrons. The van der Waals surface area contributed by atoms with Crippen molar-refractivity contribution in [2.24, 2.45) is 0 Å². The third-order valence-electron chi connectivity index (χ3n) is 5.55. The normalized spacial score (nSPS) is 13.0. The Hall–Kier alpha value is -3.04. The highest BCUT2D eigenvalue weighted by Gasteiger charge is 2.34. The molecule has 1 heterocycles. The number of ketones is 1. The van der Waals surface area contributed by atoms with E-state index in [-0.39, 0.29) is 53.6 Å². The van der Waals surface area contributed by atoms with Crippen molar-refractivity contribution in [1.29, 1.82) is 0 Å². The summed E-state index contributed by atoms with van der Waals surface area (Å²) in [7, 11) is 0. The molecular formula is C24H21BrClFN4O3. The Morgan fingerprint density at radius 2 is 2.06 bits per heavy atom. The molecule has 2 aromatic carbocycles. The first-order valence-electron chi connectivity index (χ1n) is 10.6. The number of allylic oxidation sites excluding steroid dienone is 1. The minimum Gasteiger partial charge on any atom is -0.350 e. The highest BCUT2D eigenvalue weighted by atomic mass is 79.9. The minimum atomic E-state index is -0.582. The Morgan fingerprint density at radius 1 is 1.29 bits per heavy atom. The molecular weight excluding hydrogens is 527 g/mol. The van der Waals surface area contributed by atoms with Crippen molar-refractivity contribution in [3.63, 3.8) is 0 Å². The average molecular weight is 548 g/mol. The van der Waals surface area contributed by atoms with Gasteiger partial charge in [-0.3, -0.25) is 19.1 Å². The van der Waals surface area contributed by atoms with Crippen LogP contribution in [0.2, 0.25) is 5.02 Å². The monoisotopic (exact) mass is 546 g/mol. The first-order chi connectivity index (χ1) is 16.3. The van der Waals surface area contributed by atoms with E-state index >= 15 is 0 Å². The zero-order chi connectivity index (χ0) is 24.4. The summed E-state index contributed by atoms with van der Waals surface area (Å²) in [5.41, 5.74) is 1.09. The maximum atomic E-state index is 14.1. The van der Waals surface area contributed by atoms with E-state index in [9.17, 15) is 18.8 Å². The summed E-state index contributed by atoms with van der Waals surface area (Å²) < 4.78 is 16.3. The van der Waals surface area contributed by atoms with Gasteiger partial charge in [-0.05, 0) is 43.2 Å². The van der Waals surface area contributed by atoms with Gasteiger partial charge in [0.05, 0.1) is 17.1 Å². The number of fused-ring (bicyclic) bond motifs is 1. The zero-order valence-corrected chi connectivity index (χ0v) is 20.4. The van der Waals surface area contributed by atoms with E-state index in [0.29, 0.717) is 10.9 Å². The minimum absolute atomic E-state index is 0.0192. The molecule has 1 aliphatic carbocycles. The van der Waals surface area contributed by atoms with Gasteiger partial charge in [-0.1, -0.05) is 46.2 Å². The molecule has 0 atom stereocenters. The second-order valence-corrected chi connectivity index (χ2v) is 9.30. The molecule has 1 aromatic heterocycles. The van der Waals surface area contributed by atoms with E-state index in [0.717, 1.165) is 17.3 Å². The molecule has 1 aliphatic rings. The summed E-state index contributed by atoms with van der Waals surface area (Å²) in [6.07, 6.45) is 2.78. The lowest BCUT2D eigenvalue weighted by atomic mass is 10.1. The summed E-state index contributed by atoms with van der Waals surface area (Å²) in [5, 5.41) is 7.58. The summed E-state index contributed by atoms with van der Waals surface area (Å²) in [6.45, 7) is 3.19. The molecule has 0 aliphatic heterocycles. The second kappa shape index (κ2) is 10.1. The van der Waals surface area contributed by atoms with Gasteiger partial charge < -0.3 is 10.2 Å². The molecule has 1 fully saturated rings. The van der Waals surface area contributed by atoms with Crippen LogP contribution in [0.5, 0.6) is 0 Å². The molecule has 176 valence electrons. The third-order valence-corrected chi connectivity index (χ3v) is 6.33. The standard InChI is InChI=1S/C24H21BrClFN4O3/c1-2-20(32)24-17-10-15(25)6-9-19(17)31(29-24)13-22(34)30(16-7-8-16)12-21(33)28-11-14-4-3-5-18(26)23(14)27/h2-6,9-10,16H,1,7-8,11-13H2,(H,28,33). The molecule has 2 amide bonds. The molecule has 1 N–H and O–H groups in total. The molecule has 10 heteroatoms. The second-order valence-electron chi connectivity index (χ2n) is 7.98. The van der Waals surface area contributed by atoms with Gasteiger partial charge in [-0.25, -0.2) is 4.39 Å². The average Bonchev–Trinajstić information content (AvgIpc) is 3.60. The number of benzene rings is 2. The van der Waals surface area contributed by atoms with E-state index < -0.39 is 11.7 Å². The number of aromatic nitrogens is 2. The van der Waals surface area contributed by atoms with Crippen molar-refractivity contribution in [3.8, 4) is 0 Å². The SMILES string of the molecule is C=CC(=O)c1nn(CC(=O)N(CC(=O)NCc2cccc(Cl)c2F)C2CC2)c2ccc(Br)cc12. The van der Waals surface area contributed by atoms with Crippen LogP contribution in [-0.4, -0.2) is 44.9 Å². The molecule has 34 heavy (non-hydrogen) atoms. The summed E-state index contributed by atoms with van der Waals surface area (Å²) >= 11 is 9.18. The van der Waals surface area contributed by atoms with Crippen LogP contribution in [0.1, 0.15) is 28.9 Å².